The van der Waals surface area contributed by atoms with Crippen LogP contribution >= 0.6 is 0 Å². The molecule has 1 heterocycles. The molecule has 0 aromatic heterocycles. The predicted octanol–water partition coefficient (Wildman–Crippen LogP) is 9.21. The summed E-state index contributed by atoms with van der Waals surface area (Å²) in [6, 6.07) is 0.0219. The number of carbonyl (C=O) groups is 4. The first-order valence-electron chi connectivity index (χ1n) is 22.2. The van der Waals surface area contributed by atoms with Crippen LogP contribution < -0.4 is 5.32 Å². The van der Waals surface area contributed by atoms with E-state index in [1.165, 1.54) is 5.57 Å². The zero-order chi connectivity index (χ0) is 40.3. The summed E-state index contributed by atoms with van der Waals surface area (Å²) < 4.78 is 6.19. The molecular formula is C47H74N2O6. The highest BCUT2D eigenvalue weighted by molar-refractivity contribution is 5.86. The molecule has 1 saturated heterocycles. The zero-order valence-corrected chi connectivity index (χ0v) is 36.1. The lowest BCUT2D eigenvalue weighted by Crippen LogP contribution is -2.68. The van der Waals surface area contributed by atoms with Crippen LogP contribution in [0.3, 0.4) is 0 Å². The van der Waals surface area contributed by atoms with Crippen LogP contribution in [-0.4, -0.2) is 59.0 Å². The monoisotopic (exact) mass is 763 g/mol. The number of carboxylic acid groups (broad SMARTS) is 1. The Bertz CT molecular complexity index is 1610. The summed E-state index contributed by atoms with van der Waals surface area (Å²) in [5, 5.41) is 13.3. The molecule has 2 amide bonds. The first kappa shape index (κ1) is 40.8. The summed E-state index contributed by atoms with van der Waals surface area (Å²) in [6.45, 7) is 28.4. The van der Waals surface area contributed by atoms with Gasteiger partial charge in [-0.1, -0.05) is 60.6 Å². The summed E-state index contributed by atoms with van der Waals surface area (Å²) in [5.41, 5.74) is -0.482. The molecular weight excluding hydrogens is 689 g/mol. The van der Waals surface area contributed by atoms with Crippen molar-refractivity contribution in [3.8, 4) is 0 Å². The van der Waals surface area contributed by atoms with Crippen molar-refractivity contribution in [2.45, 2.75) is 171 Å². The third-order valence-corrected chi connectivity index (χ3v) is 19.2. The number of nitrogens with one attached hydrogen (secondary N) is 1. The lowest BCUT2D eigenvalue weighted by atomic mass is 9.32. The normalized spacial score (nSPS) is 44.1. The molecule has 0 spiro atoms. The van der Waals surface area contributed by atoms with E-state index in [0.717, 1.165) is 96.6 Å². The SMILES string of the molecule is C=C(C)[C@@H]1CC[C@]2(C(=O)NC3C[C@@H](C(=O)N4CCCC4)C3(C)C)CC[C@]3(C)[C@H](CC[C@@H]4[C@@]5(C)CC[C@H](OC(=O)CC(C)(C)C(=O)O)C(C)(C)[C@@H]5CC[C@]43C)[C@@H]12. The summed E-state index contributed by atoms with van der Waals surface area (Å²) in [5.74, 6) is 1.12. The van der Waals surface area contributed by atoms with E-state index in [0.29, 0.717) is 23.7 Å². The fourth-order valence-electron chi connectivity index (χ4n) is 15.4. The summed E-state index contributed by atoms with van der Waals surface area (Å²) >= 11 is 0. The molecule has 7 aliphatic rings. The quantitative estimate of drug-likeness (QED) is 0.188. The number of ether oxygens (including phenoxy) is 1. The van der Waals surface area contributed by atoms with Gasteiger partial charge in [0.1, 0.15) is 6.10 Å². The third kappa shape index (κ3) is 5.91. The average Bonchev–Trinajstić information content (AvgIpc) is 3.77. The smallest absolute Gasteiger partial charge is 0.309 e. The van der Waals surface area contributed by atoms with Gasteiger partial charge < -0.3 is 20.1 Å². The van der Waals surface area contributed by atoms with Crippen molar-refractivity contribution in [3.05, 3.63) is 12.2 Å². The fraction of sp³-hybridized carbons (Fsp3) is 0.872. The minimum atomic E-state index is -1.16. The van der Waals surface area contributed by atoms with Gasteiger partial charge in [0.15, 0.2) is 0 Å². The van der Waals surface area contributed by atoms with Crippen molar-refractivity contribution in [1.82, 2.24) is 10.2 Å². The van der Waals surface area contributed by atoms with Crippen LogP contribution in [0.25, 0.3) is 0 Å². The van der Waals surface area contributed by atoms with Crippen LogP contribution in [0.15, 0.2) is 12.2 Å². The van der Waals surface area contributed by atoms with E-state index < -0.39 is 22.8 Å². The number of fused-ring (bicyclic) bond motifs is 7. The number of hydrogen-bond donors (Lipinski definition) is 2. The van der Waals surface area contributed by atoms with Gasteiger partial charge in [0.25, 0.3) is 0 Å². The molecule has 8 heteroatoms. The molecule has 2 N–H and O–H groups in total. The number of likely N-dealkylation sites (tertiary alicyclic amines) is 1. The Morgan fingerprint density at radius 1 is 0.818 bits per heavy atom. The number of allylic oxidation sites excluding steroid dienone is 1. The Labute approximate surface area is 332 Å². The summed E-state index contributed by atoms with van der Waals surface area (Å²) in [7, 11) is 0. The first-order valence-corrected chi connectivity index (χ1v) is 22.2. The second-order valence-electron chi connectivity index (χ2n) is 22.7. The van der Waals surface area contributed by atoms with E-state index in [2.05, 4.69) is 67.3 Å². The predicted molar refractivity (Wildman–Crippen MR) is 215 cm³/mol. The molecule has 0 bridgehead atoms. The van der Waals surface area contributed by atoms with Crippen LogP contribution in [0.5, 0.6) is 0 Å². The van der Waals surface area contributed by atoms with Gasteiger partial charge in [-0.2, -0.15) is 0 Å². The summed E-state index contributed by atoms with van der Waals surface area (Å²) in [6.07, 6.45) is 12.8. The summed E-state index contributed by atoms with van der Waals surface area (Å²) in [4.78, 5) is 55.4. The van der Waals surface area contributed by atoms with Gasteiger partial charge in [-0.05, 0) is 155 Å². The number of hydrogen-bond acceptors (Lipinski definition) is 5. The lowest BCUT2D eigenvalue weighted by Gasteiger charge is -2.73. The van der Waals surface area contributed by atoms with Crippen LogP contribution in [0.1, 0.15) is 159 Å². The Balaban J connectivity index is 1.11. The van der Waals surface area contributed by atoms with E-state index in [4.69, 9.17) is 4.74 Å². The van der Waals surface area contributed by atoms with E-state index in [1.807, 2.05) is 4.90 Å². The van der Waals surface area contributed by atoms with Gasteiger partial charge in [-0.3, -0.25) is 19.2 Å². The minimum absolute atomic E-state index is 0.0199. The van der Waals surface area contributed by atoms with Gasteiger partial charge in [0.2, 0.25) is 11.8 Å². The standard InChI is InChI=1S/C47H74N2O6/c1-28(2)29-16-21-47(39(52)48-34-26-31(42(34,5)6)38(51)49-24-12-13-25-49)23-22-45(10)30(37(29)47)14-15-33-44(9)19-18-35(55-36(50)27-41(3,4)40(53)54)43(7,8)32(44)17-20-46(33,45)11/h29-35,37H,1,12-27H2,2-11H3,(H,48,52)(H,53,54)/t29-,30+,31-,32-,33+,34?,35-,37+,44-,45+,46+,47-/m0/s1. The lowest BCUT2D eigenvalue weighted by molar-refractivity contribution is -0.249. The highest BCUT2D eigenvalue weighted by Gasteiger charge is 2.72. The number of aliphatic carboxylic acids is 1. The first-order chi connectivity index (χ1) is 25.5. The molecule has 6 aliphatic carbocycles. The Hall–Kier alpha value is -2.38. The molecule has 0 radical (unpaired) electrons. The van der Waals surface area contributed by atoms with E-state index in [-0.39, 0.29) is 69.3 Å². The minimum Gasteiger partial charge on any atom is -0.481 e. The molecule has 0 aromatic carbocycles. The van der Waals surface area contributed by atoms with Crippen molar-refractivity contribution in [2.75, 3.05) is 13.1 Å². The van der Waals surface area contributed by atoms with Gasteiger partial charge in [-0.15, -0.1) is 0 Å². The molecule has 7 rings (SSSR count). The van der Waals surface area contributed by atoms with Crippen LogP contribution in [0, 0.1) is 73.4 Å². The molecule has 1 unspecified atom stereocenters. The molecule has 6 saturated carbocycles. The zero-order valence-electron chi connectivity index (χ0n) is 36.1. The van der Waals surface area contributed by atoms with Crippen molar-refractivity contribution in [2.24, 2.45) is 73.4 Å². The molecule has 0 aromatic rings. The van der Waals surface area contributed by atoms with Crippen LogP contribution in [0.4, 0.5) is 0 Å². The van der Waals surface area contributed by atoms with Crippen molar-refractivity contribution < 1.29 is 29.0 Å². The molecule has 308 valence electrons. The fourth-order valence-corrected chi connectivity index (χ4v) is 15.4. The van der Waals surface area contributed by atoms with Crippen molar-refractivity contribution >= 4 is 23.8 Å². The maximum atomic E-state index is 15.0. The highest BCUT2D eigenvalue weighted by Crippen LogP contribution is 2.77. The largest absolute Gasteiger partial charge is 0.481 e. The molecule has 55 heavy (non-hydrogen) atoms. The van der Waals surface area contributed by atoms with E-state index in [1.54, 1.807) is 13.8 Å². The third-order valence-electron chi connectivity index (χ3n) is 19.2. The number of carboxylic acids is 1. The van der Waals surface area contributed by atoms with Gasteiger partial charge in [0, 0.05) is 30.5 Å². The van der Waals surface area contributed by atoms with E-state index >= 15 is 0 Å². The Morgan fingerprint density at radius 3 is 2.11 bits per heavy atom. The number of esters is 1. The van der Waals surface area contributed by atoms with Gasteiger partial charge in [0.05, 0.1) is 17.3 Å². The second-order valence-corrected chi connectivity index (χ2v) is 22.7. The Kier molecular flexibility index (Phi) is 9.89. The topological polar surface area (TPSA) is 113 Å². The maximum Gasteiger partial charge on any atom is 0.309 e. The van der Waals surface area contributed by atoms with Gasteiger partial charge >= 0.3 is 11.9 Å². The number of nitrogens with zero attached hydrogens (tertiary/aromatic N) is 1. The molecule has 8 nitrogen and oxygen atoms in total. The molecule has 12 atom stereocenters. The van der Waals surface area contributed by atoms with Crippen molar-refractivity contribution in [1.29, 1.82) is 0 Å². The van der Waals surface area contributed by atoms with Gasteiger partial charge in [-0.25, -0.2) is 0 Å². The second kappa shape index (κ2) is 13.3. The number of carbonyl (C=O) groups excluding carboxylic acids is 3. The highest BCUT2D eigenvalue weighted by atomic mass is 16.5. The van der Waals surface area contributed by atoms with Crippen LogP contribution in [-0.2, 0) is 23.9 Å². The van der Waals surface area contributed by atoms with Crippen molar-refractivity contribution in [3.63, 3.8) is 0 Å². The molecule has 7 fully saturated rings. The average molecular weight is 763 g/mol. The maximum absolute atomic E-state index is 15.0. The Morgan fingerprint density at radius 2 is 1.49 bits per heavy atom. The van der Waals surface area contributed by atoms with Crippen LogP contribution in [0.2, 0.25) is 0 Å². The molecule has 1 aliphatic heterocycles. The number of amides is 2. The van der Waals surface area contributed by atoms with E-state index in [9.17, 15) is 24.3 Å². The number of rotatable bonds is 8.